The van der Waals surface area contributed by atoms with Crippen molar-refractivity contribution < 1.29 is 0 Å². The quantitative estimate of drug-likeness (QED) is 0.590. The van der Waals surface area contributed by atoms with Gasteiger partial charge in [-0.05, 0) is 53.3 Å². The molecule has 0 fully saturated rings. The molecule has 0 saturated carbocycles. The second kappa shape index (κ2) is 5.18. The maximum Gasteiger partial charge on any atom is 0.0178 e. The van der Waals surface area contributed by atoms with Crippen LogP contribution in [0.3, 0.4) is 0 Å². The Labute approximate surface area is 122 Å². The molecule has 19 heavy (non-hydrogen) atoms. The molecule has 1 aromatic carbocycles. The number of hydrogen-bond donors (Lipinski definition) is 0. The summed E-state index contributed by atoms with van der Waals surface area (Å²) in [5.41, 5.74) is 6.84. The Morgan fingerprint density at radius 1 is 0.895 bits per heavy atom. The number of halogens is 1. The van der Waals surface area contributed by atoms with Crippen LogP contribution in [-0.4, -0.2) is 0 Å². The average Bonchev–Trinajstić information content (AvgIpc) is 2.58. The van der Waals surface area contributed by atoms with Crippen molar-refractivity contribution >= 4 is 15.9 Å². The fourth-order valence-electron chi connectivity index (χ4n) is 2.55. The molecule has 94 valence electrons. The Balaban J connectivity index is 2.02. The zero-order chi connectivity index (χ0) is 13.2. The summed E-state index contributed by atoms with van der Waals surface area (Å²) >= 11 is 3.53. The van der Waals surface area contributed by atoms with Crippen LogP contribution in [0.1, 0.15) is 16.7 Å². The average molecular weight is 311 g/mol. The third-order valence-corrected chi connectivity index (χ3v) is 4.06. The van der Waals surface area contributed by atoms with Crippen LogP contribution in [0, 0.1) is 6.92 Å². The Bertz CT molecular complexity index is 685. The van der Waals surface area contributed by atoms with Crippen molar-refractivity contribution in [1.29, 1.82) is 0 Å². The highest BCUT2D eigenvalue weighted by Crippen LogP contribution is 2.31. The van der Waals surface area contributed by atoms with E-state index in [0.29, 0.717) is 0 Å². The van der Waals surface area contributed by atoms with Gasteiger partial charge in [0.25, 0.3) is 0 Å². The summed E-state index contributed by atoms with van der Waals surface area (Å²) in [6.07, 6.45) is 0.990. The van der Waals surface area contributed by atoms with Gasteiger partial charge >= 0.3 is 0 Å². The molecule has 0 spiro atoms. The first-order valence-electron chi connectivity index (χ1n) is 6.46. The minimum Gasteiger partial charge on any atom is -0.0622 e. The van der Waals surface area contributed by atoms with Crippen molar-refractivity contribution in [3.63, 3.8) is 0 Å². The molecule has 0 unspecified atom stereocenters. The highest BCUT2D eigenvalue weighted by molar-refractivity contribution is 9.10. The Morgan fingerprint density at radius 2 is 1.74 bits per heavy atom. The van der Waals surface area contributed by atoms with Gasteiger partial charge in [0.2, 0.25) is 0 Å². The predicted molar refractivity (Wildman–Crippen MR) is 84.7 cm³/mol. The largest absolute Gasteiger partial charge is 0.0622 e. The van der Waals surface area contributed by atoms with Crippen LogP contribution in [0.4, 0.5) is 0 Å². The van der Waals surface area contributed by atoms with Crippen molar-refractivity contribution in [1.82, 2.24) is 0 Å². The van der Waals surface area contributed by atoms with Gasteiger partial charge in [0.05, 0.1) is 0 Å². The minimum absolute atomic E-state index is 0.990. The van der Waals surface area contributed by atoms with Crippen LogP contribution in [0.5, 0.6) is 0 Å². The molecule has 0 amide bonds. The highest BCUT2D eigenvalue weighted by atomic mass is 79.9. The molecule has 1 aromatic rings. The molecule has 0 aromatic heterocycles. The van der Waals surface area contributed by atoms with Gasteiger partial charge in [-0.25, -0.2) is 0 Å². The molecule has 0 heterocycles. The van der Waals surface area contributed by atoms with Gasteiger partial charge in [0, 0.05) is 4.47 Å². The topological polar surface area (TPSA) is 0 Å². The molecular formula is C18H15Br. The van der Waals surface area contributed by atoms with Crippen molar-refractivity contribution in [2.24, 2.45) is 0 Å². The maximum absolute atomic E-state index is 3.53. The van der Waals surface area contributed by atoms with Crippen LogP contribution >= 0.6 is 15.9 Å². The smallest absolute Gasteiger partial charge is 0.0178 e. The summed E-state index contributed by atoms with van der Waals surface area (Å²) in [6, 6.07) is 21.5. The number of rotatable bonds is 2. The van der Waals surface area contributed by atoms with Crippen molar-refractivity contribution in [2.45, 2.75) is 13.3 Å². The lowest BCUT2D eigenvalue weighted by Gasteiger charge is -2.02. The fraction of sp³-hybridized carbons (Fsp3) is 0.111. The van der Waals surface area contributed by atoms with E-state index in [1.165, 1.54) is 27.8 Å². The number of benzene rings is 1. The van der Waals surface area contributed by atoms with E-state index < -0.39 is 0 Å². The number of hydrogen-bond acceptors (Lipinski definition) is 0. The molecule has 2 aliphatic rings. The fourth-order valence-corrected chi connectivity index (χ4v) is 2.99. The lowest BCUT2D eigenvalue weighted by molar-refractivity contribution is 1.18. The summed E-state index contributed by atoms with van der Waals surface area (Å²) in [4.78, 5) is 0. The normalized spacial score (nSPS) is 10.8. The van der Waals surface area contributed by atoms with Gasteiger partial charge in [0.15, 0.2) is 0 Å². The highest BCUT2D eigenvalue weighted by Gasteiger charge is 2.11. The molecule has 0 radical (unpaired) electrons. The summed E-state index contributed by atoms with van der Waals surface area (Å²) in [5.74, 6) is 0. The first-order valence-corrected chi connectivity index (χ1v) is 7.25. The zero-order valence-corrected chi connectivity index (χ0v) is 12.4. The van der Waals surface area contributed by atoms with E-state index in [0.717, 1.165) is 10.9 Å². The Morgan fingerprint density at radius 3 is 2.58 bits per heavy atom. The van der Waals surface area contributed by atoms with Gasteiger partial charge in [-0.3, -0.25) is 0 Å². The van der Waals surface area contributed by atoms with Crippen LogP contribution in [0.2, 0.25) is 0 Å². The second-order valence-electron chi connectivity index (χ2n) is 4.88. The Hall–Kier alpha value is -1.60. The van der Waals surface area contributed by atoms with E-state index in [2.05, 4.69) is 83.5 Å². The van der Waals surface area contributed by atoms with E-state index in [1.807, 2.05) is 0 Å². The first kappa shape index (κ1) is 12.4. The van der Waals surface area contributed by atoms with E-state index in [1.54, 1.807) is 0 Å². The summed E-state index contributed by atoms with van der Waals surface area (Å²) < 4.78 is 1.14. The minimum atomic E-state index is 0.990. The molecule has 0 bridgehead atoms. The molecule has 2 aliphatic carbocycles. The van der Waals surface area contributed by atoms with E-state index in [4.69, 9.17) is 0 Å². The molecule has 0 atom stereocenters. The van der Waals surface area contributed by atoms with Crippen LogP contribution < -0.4 is 0 Å². The monoisotopic (exact) mass is 310 g/mol. The summed E-state index contributed by atoms with van der Waals surface area (Å²) in [7, 11) is 0. The van der Waals surface area contributed by atoms with Gasteiger partial charge in [0.1, 0.15) is 0 Å². The Kier molecular flexibility index (Phi) is 3.39. The van der Waals surface area contributed by atoms with E-state index >= 15 is 0 Å². The third kappa shape index (κ3) is 2.57. The van der Waals surface area contributed by atoms with Crippen molar-refractivity contribution in [2.75, 3.05) is 0 Å². The second-order valence-corrected chi connectivity index (χ2v) is 5.80. The van der Waals surface area contributed by atoms with Gasteiger partial charge in [-0.15, -0.1) is 0 Å². The van der Waals surface area contributed by atoms with Gasteiger partial charge < -0.3 is 0 Å². The molecule has 0 aliphatic heterocycles. The summed E-state index contributed by atoms with van der Waals surface area (Å²) in [6.45, 7) is 2.22. The number of fused-ring (bicyclic) bond motifs is 1. The lowest BCUT2D eigenvalue weighted by atomic mass is 10.0. The first-order chi connectivity index (χ1) is 9.24. The van der Waals surface area contributed by atoms with Crippen molar-refractivity contribution in [3.8, 4) is 11.1 Å². The molecule has 1 heteroatoms. The molecule has 0 saturated heterocycles. The van der Waals surface area contributed by atoms with Crippen molar-refractivity contribution in [3.05, 3.63) is 81.8 Å². The van der Waals surface area contributed by atoms with E-state index in [9.17, 15) is 0 Å². The molecule has 0 nitrogen and oxygen atoms in total. The van der Waals surface area contributed by atoms with Gasteiger partial charge in [-0.1, -0.05) is 64.5 Å². The standard InChI is InChI=1S/C18H15Br/c1-13-16(10-14-6-5-8-17(19)11-14)12-15-7-3-2-4-9-18(13)15/h2-9,11-12H,10H2,1H3. The molecule has 3 rings (SSSR count). The third-order valence-electron chi connectivity index (χ3n) is 3.57. The SMILES string of the molecule is Cc1c(Cc2cccc(Br)c2)cc2cccccc1-2. The molecule has 0 N–H and O–H groups in total. The predicted octanol–water partition coefficient (Wildman–Crippen LogP) is 5.45. The lowest BCUT2D eigenvalue weighted by Crippen LogP contribution is -1.87. The zero-order valence-electron chi connectivity index (χ0n) is 10.9. The maximum atomic E-state index is 3.53. The van der Waals surface area contributed by atoms with E-state index in [-0.39, 0.29) is 0 Å². The molecular weight excluding hydrogens is 296 g/mol. The van der Waals surface area contributed by atoms with Gasteiger partial charge in [-0.2, -0.15) is 0 Å². The van der Waals surface area contributed by atoms with Crippen LogP contribution in [0.15, 0.2) is 65.1 Å². The summed E-state index contributed by atoms with van der Waals surface area (Å²) in [5, 5.41) is 0. The van der Waals surface area contributed by atoms with Crippen LogP contribution in [0.25, 0.3) is 11.1 Å². The van der Waals surface area contributed by atoms with Crippen LogP contribution in [-0.2, 0) is 6.42 Å².